The van der Waals surface area contributed by atoms with Crippen LogP contribution in [0.2, 0.25) is 0 Å². The molecular formula is C22H24Cl2O6. The molecule has 162 valence electrons. The highest BCUT2D eigenvalue weighted by atomic mass is 35.5. The molecule has 0 fully saturated rings. The fourth-order valence-electron chi connectivity index (χ4n) is 2.39. The Labute approximate surface area is 186 Å². The van der Waals surface area contributed by atoms with Gasteiger partial charge in [0.15, 0.2) is 0 Å². The molecule has 0 spiro atoms. The number of ether oxygens (including phenoxy) is 4. The first-order chi connectivity index (χ1) is 14.6. The number of halogens is 2. The van der Waals surface area contributed by atoms with Gasteiger partial charge in [-0.3, -0.25) is 9.59 Å². The third kappa shape index (κ3) is 9.59. The molecule has 30 heavy (non-hydrogen) atoms. The normalized spacial score (nSPS) is 10.6. The molecule has 0 radical (unpaired) electrons. The summed E-state index contributed by atoms with van der Waals surface area (Å²) < 4.78 is 22.1. The van der Waals surface area contributed by atoms with E-state index in [1.54, 1.807) is 48.5 Å². The van der Waals surface area contributed by atoms with Gasteiger partial charge in [0.2, 0.25) is 0 Å². The van der Waals surface area contributed by atoms with Crippen LogP contribution in [0.15, 0.2) is 48.5 Å². The molecule has 0 aromatic heterocycles. The van der Waals surface area contributed by atoms with Crippen molar-refractivity contribution in [2.75, 3.05) is 39.6 Å². The van der Waals surface area contributed by atoms with E-state index in [1.165, 1.54) is 0 Å². The molecule has 0 saturated heterocycles. The summed E-state index contributed by atoms with van der Waals surface area (Å²) >= 11 is 10.8. The number of carbonyl (C=O) groups is 2. The lowest BCUT2D eigenvalue weighted by Crippen LogP contribution is -2.10. The molecular weight excluding hydrogens is 431 g/mol. The van der Waals surface area contributed by atoms with E-state index in [0.717, 1.165) is 12.8 Å². The second-order valence-electron chi connectivity index (χ2n) is 6.22. The molecule has 8 heteroatoms. The Balaban J connectivity index is 1.39. The minimum atomic E-state index is -0.485. The molecule has 0 unspecified atom stereocenters. The average Bonchev–Trinajstić information content (AvgIpc) is 2.75. The van der Waals surface area contributed by atoms with E-state index in [0.29, 0.717) is 62.3 Å². The number of carbonyl (C=O) groups excluding carboxylic acids is 2. The predicted octanol–water partition coefficient (Wildman–Crippen LogP) is 4.72. The predicted molar refractivity (Wildman–Crippen MR) is 115 cm³/mol. The lowest BCUT2D eigenvalue weighted by Gasteiger charge is -2.08. The fourth-order valence-corrected chi connectivity index (χ4v) is 2.64. The van der Waals surface area contributed by atoms with E-state index < -0.39 is 10.5 Å². The SMILES string of the molecule is O=C(Cl)c1ccc(OCCCOCCOCCCOc2ccc(C(=O)Cl)cc2)cc1. The molecule has 0 aliphatic heterocycles. The third-order valence-electron chi connectivity index (χ3n) is 3.94. The zero-order valence-corrected chi connectivity index (χ0v) is 18.0. The summed E-state index contributed by atoms with van der Waals surface area (Å²) in [6.07, 6.45) is 1.50. The summed E-state index contributed by atoms with van der Waals surface area (Å²) in [5.41, 5.74) is 0.884. The van der Waals surface area contributed by atoms with E-state index in [4.69, 9.17) is 42.1 Å². The van der Waals surface area contributed by atoms with Crippen LogP contribution in [0.5, 0.6) is 11.5 Å². The van der Waals surface area contributed by atoms with Crippen LogP contribution >= 0.6 is 23.2 Å². The van der Waals surface area contributed by atoms with E-state index in [-0.39, 0.29) is 0 Å². The summed E-state index contributed by atoms with van der Waals surface area (Å²) in [7, 11) is 0. The molecule has 0 aliphatic carbocycles. The van der Waals surface area contributed by atoms with Crippen LogP contribution in [0.1, 0.15) is 33.6 Å². The lowest BCUT2D eigenvalue weighted by molar-refractivity contribution is 0.0397. The first kappa shape index (κ1) is 24.2. The van der Waals surface area contributed by atoms with Gasteiger partial charge < -0.3 is 18.9 Å². The van der Waals surface area contributed by atoms with Crippen LogP contribution in [0.4, 0.5) is 0 Å². The fraction of sp³-hybridized carbons (Fsp3) is 0.364. The highest BCUT2D eigenvalue weighted by Gasteiger charge is 2.02. The maximum absolute atomic E-state index is 11.0. The van der Waals surface area contributed by atoms with Crippen molar-refractivity contribution in [2.24, 2.45) is 0 Å². The Kier molecular flexibility index (Phi) is 11.3. The van der Waals surface area contributed by atoms with Crippen molar-refractivity contribution in [3.63, 3.8) is 0 Å². The summed E-state index contributed by atoms with van der Waals surface area (Å²) in [5.74, 6) is 1.37. The van der Waals surface area contributed by atoms with Gasteiger partial charge in [0.05, 0.1) is 26.4 Å². The molecule has 2 aromatic carbocycles. The quantitative estimate of drug-likeness (QED) is 0.286. The zero-order valence-electron chi connectivity index (χ0n) is 16.5. The lowest BCUT2D eigenvalue weighted by atomic mass is 10.2. The minimum absolute atomic E-state index is 0.442. The third-order valence-corrected chi connectivity index (χ3v) is 4.37. The van der Waals surface area contributed by atoms with Crippen molar-refractivity contribution in [1.29, 1.82) is 0 Å². The van der Waals surface area contributed by atoms with Crippen molar-refractivity contribution in [3.05, 3.63) is 59.7 Å². The van der Waals surface area contributed by atoms with E-state index in [2.05, 4.69) is 0 Å². The number of rotatable bonds is 15. The van der Waals surface area contributed by atoms with Gasteiger partial charge in [-0.05, 0) is 71.7 Å². The largest absolute Gasteiger partial charge is 0.494 e. The van der Waals surface area contributed by atoms with Crippen molar-refractivity contribution in [2.45, 2.75) is 12.8 Å². The van der Waals surface area contributed by atoms with Gasteiger partial charge in [0.1, 0.15) is 11.5 Å². The first-order valence-electron chi connectivity index (χ1n) is 9.57. The second kappa shape index (κ2) is 14.0. The van der Waals surface area contributed by atoms with Crippen molar-refractivity contribution < 1.29 is 28.5 Å². The first-order valence-corrected chi connectivity index (χ1v) is 10.3. The van der Waals surface area contributed by atoms with Gasteiger partial charge >= 0.3 is 0 Å². The average molecular weight is 455 g/mol. The molecule has 0 atom stereocenters. The molecule has 0 N–H and O–H groups in total. The standard InChI is InChI=1S/C22H24Cl2O6/c23-21(25)17-3-7-19(8-4-17)29-13-1-11-27-15-16-28-12-2-14-30-20-9-5-18(6-10-20)22(24)26/h3-10H,1-2,11-16H2. The van der Waals surface area contributed by atoms with Crippen LogP contribution in [-0.2, 0) is 9.47 Å². The highest BCUT2D eigenvalue weighted by Crippen LogP contribution is 2.14. The van der Waals surface area contributed by atoms with Crippen LogP contribution in [0.3, 0.4) is 0 Å². The van der Waals surface area contributed by atoms with Gasteiger partial charge in [0.25, 0.3) is 10.5 Å². The molecule has 6 nitrogen and oxygen atoms in total. The molecule has 0 bridgehead atoms. The van der Waals surface area contributed by atoms with Gasteiger partial charge in [0, 0.05) is 37.2 Å². The Morgan fingerprint density at radius 2 is 0.933 bits per heavy atom. The van der Waals surface area contributed by atoms with Gasteiger partial charge in [-0.15, -0.1) is 0 Å². The number of hydrogen-bond donors (Lipinski definition) is 0. The van der Waals surface area contributed by atoms with Gasteiger partial charge in [-0.2, -0.15) is 0 Å². The van der Waals surface area contributed by atoms with Crippen LogP contribution in [0, 0.1) is 0 Å². The molecule has 2 rings (SSSR count). The Bertz CT molecular complexity index is 710. The second-order valence-corrected chi connectivity index (χ2v) is 6.91. The molecule has 2 aromatic rings. The Hall–Kier alpha value is -2.12. The number of hydrogen-bond acceptors (Lipinski definition) is 6. The van der Waals surface area contributed by atoms with Crippen molar-refractivity contribution >= 4 is 33.7 Å². The smallest absolute Gasteiger partial charge is 0.252 e. The maximum Gasteiger partial charge on any atom is 0.252 e. The van der Waals surface area contributed by atoms with Crippen molar-refractivity contribution in [1.82, 2.24) is 0 Å². The molecule has 0 heterocycles. The van der Waals surface area contributed by atoms with E-state index in [9.17, 15) is 9.59 Å². The summed E-state index contributed by atoms with van der Waals surface area (Å²) in [6, 6.07) is 13.4. The Morgan fingerprint density at radius 3 is 1.27 bits per heavy atom. The van der Waals surface area contributed by atoms with Gasteiger partial charge in [-0.1, -0.05) is 0 Å². The Morgan fingerprint density at radius 1 is 0.567 bits per heavy atom. The van der Waals surface area contributed by atoms with Crippen LogP contribution < -0.4 is 9.47 Å². The van der Waals surface area contributed by atoms with Crippen molar-refractivity contribution in [3.8, 4) is 11.5 Å². The molecule has 0 aliphatic rings. The van der Waals surface area contributed by atoms with Crippen LogP contribution in [-0.4, -0.2) is 50.1 Å². The molecule has 0 saturated carbocycles. The van der Waals surface area contributed by atoms with Crippen LogP contribution in [0.25, 0.3) is 0 Å². The van der Waals surface area contributed by atoms with Gasteiger partial charge in [-0.25, -0.2) is 0 Å². The van der Waals surface area contributed by atoms with E-state index >= 15 is 0 Å². The summed E-state index contributed by atoms with van der Waals surface area (Å²) in [5, 5.41) is -0.971. The monoisotopic (exact) mass is 454 g/mol. The highest BCUT2D eigenvalue weighted by molar-refractivity contribution is 6.68. The molecule has 0 amide bonds. The van der Waals surface area contributed by atoms with E-state index in [1.807, 2.05) is 0 Å². The zero-order chi connectivity index (χ0) is 21.6. The topological polar surface area (TPSA) is 71.1 Å². The summed E-state index contributed by atoms with van der Waals surface area (Å²) in [6.45, 7) is 3.22. The number of benzene rings is 2. The minimum Gasteiger partial charge on any atom is -0.494 e. The maximum atomic E-state index is 11.0. The summed E-state index contributed by atoms with van der Waals surface area (Å²) in [4.78, 5) is 22.0.